The van der Waals surface area contributed by atoms with Crippen molar-refractivity contribution in [3.8, 4) is 0 Å². The third-order valence-corrected chi connectivity index (χ3v) is 8.65. The number of fused-ring (bicyclic) bond motifs is 1. The molecule has 2 saturated heterocycles. The molecule has 6 nitrogen and oxygen atoms in total. The first-order valence-electron chi connectivity index (χ1n) is 10.3. The van der Waals surface area contributed by atoms with E-state index in [2.05, 4.69) is 35.9 Å². The van der Waals surface area contributed by atoms with Gasteiger partial charge in [-0.05, 0) is 50.5 Å². The van der Waals surface area contributed by atoms with Gasteiger partial charge in [-0.25, -0.2) is 8.42 Å². The van der Waals surface area contributed by atoms with Crippen molar-refractivity contribution in [2.24, 2.45) is 10.9 Å². The number of thioether (sulfide) groups is 1. The Hall–Kier alpha value is -1.54. The molecule has 0 bridgehead atoms. The molecule has 0 N–H and O–H groups in total. The van der Waals surface area contributed by atoms with Crippen LogP contribution in [0.2, 0.25) is 0 Å². The summed E-state index contributed by atoms with van der Waals surface area (Å²) in [6.07, 6.45) is 0.394. The summed E-state index contributed by atoms with van der Waals surface area (Å²) in [7, 11) is -3.07. The van der Waals surface area contributed by atoms with Crippen LogP contribution in [0.5, 0.6) is 0 Å². The monoisotopic (exact) mass is 437 g/mol. The van der Waals surface area contributed by atoms with Crippen LogP contribution in [-0.2, 0) is 14.6 Å². The van der Waals surface area contributed by atoms with E-state index in [1.165, 1.54) is 11.8 Å². The zero-order chi connectivity index (χ0) is 21.3. The lowest BCUT2D eigenvalue weighted by atomic mass is 10.1. The van der Waals surface area contributed by atoms with Crippen LogP contribution >= 0.6 is 11.8 Å². The molecule has 0 radical (unpaired) electrons. The molecular weight excluding hydrogens is 406 g/mol. The number of amides is 1. The molecule has 1 aromatic carbocycles. The Labute approximate surface area is 178 Å². The standard InChI is InChI=1S/C21H31N3O3S2/c1-6-23(7-2)16-8-9-17(15(5)11-16)24-18-12-29(26,27)13-19(18)28-21(24)22-20(25)10-14(3)4/h8-9,11,14,18-19H,6-7,10,12-13H2,1-5H3. The number of carbonyl (C=O) groups is 1. The average molecular weight is 438 g/mol. The number of sulfone groups is 1. The third-order valence-electron chi connectivity index (χ3n) is 5.44. The summed E-state index contributed by atoms with van der Waals surface area (Å²) in [5, 5.41) is 0.562. The lowest BCUT2D eigenvalue weighted by molar-refractivity contribution is -0.118. The molecule has 2 aliphatic heterocycles. The molecule has 0 aliphatic carbocycles. The lowest BCUT2D eigenvalue weighted by Gasteiger charge is -2.28. The maximum atomic E-state index is 12.4. The van der Waals surface area contributed by atoms with Gasteiger partial charge < -0.3 is 9.80 Å². The summed E-state index contributed by atoms with van der Waals surface area (Å²) in [4.78, 5) is 21.1. The van der Waals surface area contributed by atoms with Crippen molar-refractivity contribution in [3.63, 3.8) is 0 Å². The highest BCUT2D eigenvalue weighted by Gasteiger charge is 2.49. The molecule has 2 atom stereocenters. The number of hydrogen-bond acceptors (Lipinski definition) is 5. The van der Waals surface area contributed by atoms with E-state index in [9.17, 15) is 13.2 Å². The Bertz CT molecular complexity index is 908. The first-order valence-corrected chi connectivity index (χ1v) is 13.0. The van der Waals surface area contributed by atoms with E-state index in [1.807, 2.05) is 31.7 Å². The van der Waals surface area contributed by atoms with E-state index in [-0.39, 0.29) is 34.6 Å². The van der Waals surface area contributed by atoms with Crippen molar-refractivity contribution in [2.75, 3.05) is 34.4 Å². The minimum atomic E-state index is -3.07. The molecule has 1 amide bonds. The highest BCUT2D eigenvalue weighted by molar-refractivity contribution is 8.16. The minimum absolute atomic E-state index is 0.0764. The van der Waals surface area contributed by atoms with Gasteiger partial charge in [-0.1, -0.05) is 25.6 Å². The molecular formula is C21H31N3O3S2. The van der Waals surface area contributed by atoms with Crippen molar-refractivity contribution >= 4 is 44.0 Å². The summed E-state index contributed by atoms with van der Waals surface area (Å²) < 4.78 is 24.5. The molecule has 0 spiro atoms. The van der Waals surface area contributed by atoms with Crippen molar-refractivity contribution in [3.05, 3.63) is 23.8 Å². The molecule has 3 rings (SSSR count). The molecule has 0 saturated carbocycles. The van der Waals surface area contributed by atoms with E-state index in [0.717, 1.165) is 30.0 Å². The topological polar surface area (TPSA) is 70.0 Å². The Kier molecular flexibility index (Phi) is 6.63. The molecule has 160 valence electrons. The molecule has 2 aliphatic rings. The molecule has 1 aromatic rings. The normalized spacial score (nSPS) is 24.3. The van der Waals surface area contributed by atoms with Gasteiger partial charge in [-0.2, -0.15) is 4.99 Å². The number of amidine groups is 1. The van der Waals surface area contributed by atoms with Gasteiger partial charge in [0.15, 0.2) is 15.0 Å². The van der Waals surface area contributed by atoms with Crippen molar-refractivity contribution in [2.45, 2.75) is 52.3 Å². The number of aliphatic imine (C=N–C) groups is 1. The van der Waals surface area contributed by atoms with Crippen LogP contribution in [0.4, 0.5) is 11.4 Å². The van der Waals surface area contributed by atoms with Gasteiger partial charge in [0.25, 0.3) is 0 Å². The number of anilines is 2. The fourth-order valence-corrected chi connectivity index (χ4v) is 7.97. The first kappa shape index (κ1) is 22.2. The summed E-state index contributed by atoms with van der Waals surface area (Å²) >= 11 is 1.44. The fraction of sp³-hybridized carbons (Fsp3) is 0.619. The maximum absolute atomic E-state index is 12.4. The van der Waals surface area contributed by atoms with Gasteiger partial charge in [0, 0.05) is 36.1 Å². The van der Waals surface area contributed by atoms with Crippen LogP contribution in [0.1, 0.15) is 39.7 Å². The lowest BCUT2D eigenvalue weighted by Crippen LogP contribution is -2.38. The maximum Gasteiger partial charge on any atom is 0.248 e. The van der Waals surface area contributed by atoms with Crippen LogP contribution < -0.4 is 9.80 Å². The minimum Gasteiger partial charge on any atom is -0.372 e. The second kappa shape index (κ2) is 8.68. The molecule has 29 heavy (non-hydrogen) atoms. The smallest absolute Gasteiger partial charge is 0.248 e. The Morgan fingerprint density at radius 1 is 1.28 bits per heavy atom. The molecule has 2 heterocycles. The number of nitrogens with zero attached hydrogens (tertiary/aromatic N) is 3. The van der Waals surface area contributed by atoms with E-state index in [0.29, 0.717) is 11.6 Å². The Morgan fingerprint density at radius 2 is 1.97 bits per heavy atom. The second-order valence-electron chi connectivity index (χ2n) is 8.20. The fourth-order valence-electron chi connectivity index (χ4n) is 4.04. The molecule has 8 heteroatoms. The predicted octanol–water partition coefficient (Wildman–Crippen LogP) is 3.49. The Morgan fingerprint density at radius 3 is 2.55 bits per heavy atom. The molecule has 0 aromatic heterocycles. The zero-order valence-corrected chi connectivity index (χ0v) is 19.5. The van der Waals surface area contributed by atoms with Crippen molar-refractivity contribution in [1.29, 1.82) is 0 Å². The van der Waals surface area contributed by atoms with E-state index < -0.39 is 9.84 Å². The summed E-state index contributed by atoms with van der Waals surface area (Å²) in [5.74, 6) is 0.348. The van der Waals surface area contributed by atoms with Gasteiger partial charge in [-0.3, -0.25) is 4.79 Å². The number of rotatable bonds is 6. The highest BCUT2D eigenvalue weighted by Crippen LogP contribution is 2.42. The predicted molar refractivity (Wildman–Crippen MR) is 123 cm³/mol. The average Bonchev–Trinajstić information content (AvgIpc) is 3.06. The first-order chi connectivity index (χ1) is 13.6. The van der Waals surface area contributed by atoms with Crippen LogP contribution in [0.15, 0.2) is 23.2 Å². The largest absolute Gasteiger partial charge is 0.372 e. The number of hydrogen-bond donors (Lipinski definition) is 0. The summed E-state index contributed by atoms with van der Waals surface area (Å²) in [6, 6.07) is 6.08. The number of benzene rings is 1. The summed E-state index contributed by atoms with van der Waals surface area (Å²) in [5.41, 5.74) is 3.14. The van der Waals surface area contributed by atoms with Gasteiger partial charge in [0.2, 0.25) is 5.91 Å². The van der Waals surface area contributed by atoms with Gasteiger partial charge in [-0.15, -0.1) is 0 Å². The highest BCUT2D eigenvalue weighted by atomic mass is 32.2. The van der Waals surface area contributed by atoms with E-state index in [4.69, 9.17) is 0 Å². The molecule has 2 fully saturated rings. The van der Waals surface area contributed by atoms with Crippen LogP contribution in [0.3, 0.4) is 0 Å². The van der Waals surface area contributed by atoms with Crippen molar-refractivity contribution < 1.29 is 13.2 Å². The van der Waals surface area contributed by atoms with Gasteiger partial charge >= 0.3 is 0 Å². The van der Waals surface area contributed by atoms with Crippen LogP contribution in [0.25, 0.3) is 0 Å². The summed E-state index contributed by atoms with van der Waals surface area (Å²) in [6.45, 7) is 12.1. The number of aryl methyl sites for hydroxylation is 1. The van der Waals surface area contributed by atoms with Crippen molar-refractivity contribution in [1.82, 2.24) is 0 Å². The van der Waals surface area contributed by atoms with E-state index >= 15 is 0 Å². The zero-order valence-electron chi connectivity index (χ0n) is 17.9. The molecule has 2 unspecified atom stereocenters. The van der Waals surface area contributed by atoms with E-state index in [1.54, 1.807) is 0 Å². The Balaban J connectivity index is 1.99. The van der Waals surface area contributed by atoms with Gasteiger partial charge in [0.1, 0.15) is 0 Å². The number of carbonyl (C=O) groups excluding carboxylic acids is 1. The van der Waals surface area contributed by atoms with Gasteiger partial charge in [0.05, 0.1) is 17.5 Å². The van der Waals surface area contributed by atoms with Crippen LogP contribution in [0, 0.1) is 12.8 Å². The quantitative estimate of drug-likeness (QED) is 0.679. The second-order valence-corrected chi connectivity index (χ2v) is 11.6. The van der Waals surface area contributed by atoms with Crippen LogP contribution in [-0.4, -0.2) is 55.4 Å². The third kappa shape index (κ3) is 4.79. The SMILES string of the molecule is CCN(CC)c1ccc(N2C(=NC(=O)CC(C)C)SC3CS(=O)(=O)CC32)c(C)c1.